The molecule has 1 atom stereocenters. The molecule has 0 aliphatic rings. The summed E-state index contributed by atoms with van der Waals surface area (Å²) in [5.74, 6) is -1.79. The number of hydrogen-bond donors (Lipinski definition) is 1. The Labute approximate surface area is 76.0 Å². The van der Waals surface area contributed by atoms with Gasteiger partial charge in [0.1, 0.15) is 0 Å². The fourth-order valence-electron chi connectivity index (χ4n) is 1.16. The zero-order valence-electron chi connectivity index (χ0n) is 7.43. The second kappa shape index (κ2) is 4.33. The summed E-state index contributed by atoms with van der Waals surface area (Å²) in [5, 5.41) is 9.45. The van der Waals surface area contributed by atoms with Gasteiger partial charge >= 0.3 is 0 Å². The van der Waals surface area contributed by atoms with Crippen LogP contribution in [0.3, 0.4) is 0 Å². The van der Waals surface area contributed by atoms with Crippen LogP contribution >= 0.6 is 0 Å². The van der Waals surface area contributed by atoms with Crippen molar-refractivity contribution in [3.8, 4) is 0 Å². The van der Waals surface area contributed by atoms with E-state index in [2.05, 4.69) is 0 Å². The second-order valence-corrected chi connectivity index (χ2v) is 2.98. The van der Waals surface area contributed by atoms with Crippen molar-refractivity contribution in [2.45, 2.75) is 25.9 Å². The van der Waals surface area contributed by atoms with E-state index < -0.39 is 17.7 Å². The van der Waals surface area contributed by atoms with Gasteiger partial charge in [-0.3, -0.25) is 0 Å². The Morgan fingerprint density at radius 1 is 1.31 bits per heavy atom. The van der Waals surface area contributed by atoms with Crippen LogP contribution in [0.2, 0.25) is 0 Å². The van der Waals surface area contributed by atoms with E-state index in [0.717, 1.165) is 18.6 Å². The Balaban J connectivity index is 2.84. The highest BCUT2D eigenvalue weighted by Gasteiger charge is 2.09. The summed E-state index contributed by atoms with van der Waals surface area (Å²) in [5.41, 5.74) is 0.431. The summed E-state index contributed by atoms with van der Waals surface area (Å²) >= 11 is 0. The highest BCUT2D eigenvalue weighted by molar-refractivity contribution is 5.19. The number of hydrogen-bond acceptors (Lipinski definition) is 1. The predicted molar refractivity (Wildman–Crippen MR) is 46.2 cm³/mol. The van der Waals surface area contributed by atoms with Gasteiger partial charge in [-0.25, -0.2) is 8.78 Å². The molecule has 13 heavy (non-hydrogen) atoms. The third kappa shape index (κ3) is 2.49. The molecule has 1 nitrogen and oxygen atoms in total. The maximum absolute atomic E-state index is 12.7. The Bertz CT molecular complexity index is 286. The molecule has 72 valence electrons. The normalized spacial score (nSPS) is 12.9. The van der Waals surface area contributed by atoms with Crippen LogP contribution in [0.25, 0.3) is 0 Å². The highest BCUT2D eigenvalue weighted by atomic mass is 19.2. The topological polar surface area (TPSA) is 20.2 Å². The average molecular weight is 186 g/mol. The Morgan fingerprint density at radius 3 is 2.54 bits per heavy atom. The van der Waals surface area contributed by atoms with Crippen LogP contribution in [-0.2, 0) is 0 Å². The molecule has 1 aromatic rings. The number of rotatable bonds is 3. The first kappa shape index (κ1) is 10.1. The molecule has 0 fully saturated rings. The van der Waals surface area contributed by atoms with Crippen molar-refractivity contribution in [1.29, 1.82) is 0 Å². The van der Waals surface area contributed by atoms with Crippen molar-refractivity contribution in [3.63, 3.8) is 0 Å². The van der Waals surface area contributed by atoms with Gasteiger partial charge in [-0.05, 0) is 24.1 Å². The lowest BCUT2D eigenvalue weighted by Crippen LogP contribution is -1.98. The first-order valence-electron chi connectivity index (χ1n) is 4.28. The molecule has 0 saturated heterocycles. The lowest BCUT2D eigenvalue weighted by Gasteiger charge is -2.09. The van der Waals surface area contributed by atoms with Crippen molar-refractivity contribution >= 4 is 0 Å². The Morgan fingerprint density at radius 2 is 2.00 bits per heavy atom. The van der Waals surface area contributed by atoms with E-state index in [1.807, 2.05) is 6.92 Å². The van der Waals surface area contributed by atoms with Gasteiger partial charge in [-0.15, -0.1) is 0 Å². The van der Waals surface area contributed by atoms with Crippen LogP contribution in [0, 0.1) is 11.6 Å². The van der Waals surface area contributed by atoms with Crippen molar-refractivity contribution in [2.24, 2.45) is 0 Å². The smallest absolute Gasteiger partial charge is 0.159 e. The first-order chi connectivity index (χ1) is 6.15. The van der Waals surface area contributed by atoms with Gasteiger partial charge in [0.05, 0.1) is 6.10 Å². The molecule has 1 aromatic carbocycles. The van der Waals surface area contributed by atoms with Crippen LogP contribution in [0.15, 0.2) is 18.2 Å². The maximum Gasteiger partial charge on any atom is 0.159 e. The average Bonchev–Trinajstić information content (AvgIpc) is 2.10. The zero-order valence-corrected chi connectivity index (χ0v) is 7.43. The summed E-state index contributed by atoms with van der Waals surface area (Å²) in [4.78, 5) is 0. The van der Waals surface area contributed by atoms with Gasteiger partial charge in [0.25, 0.3) is 0 Å². The fourth-order valence-corrected chi connectivity index (χ4v) is 1.16. The lowest BCUT2D eigenvalue weighted by molar-refractivity contribution is 0.166. The summed E-state index contributed by atoms with van der Waals surface area (Å²) in [7, 11) is 0. The highest BCUT2D eigenvalue weighted by Crippen LogP contribution is 2.19. The summed E-state index contributed by atoms with van der Waals surface area (Å²) in [6.07, 6.45) is 0.672. The zero-order chi connectivity index (χ0) is 9.84. The van der Waals surface area contributed by atoms with Crippen molar-refractivity contribution < 1.29 is 13.9 Å². The summed E-state index contributed by atoms with van der Waals surface area (Å²) < 4.78 is 25.2. The van der Waals surface area contributed by atoms with Crippen molar-refractivity contribution in [3.05, 3.63) is 35.4 Å². The second-order valence-electron chi connectivity index (χ2n) is 2.98. The first-order valence-corrected chi connectivity index (χ1v) is 4.28. The maximum atomic E-state index is 12.7. The van der Waals surface area contributed by atoms with Gasteiger partial charge < -0.3 is 5.11 Å². The monoisotopic (exact) mass is 186 g/mol. The van der Waals surface area contributed by atoms with E-state index >= 15 is 0 Å². The quantitative estimate of drug-likeness (QED) is 0.769. The van der Waals surface area contributed by atoms with E-state index in [1.165, 1.54) is 6.07 Å². The molecule has 0 radical (unpaired) electrons. The van der Waals surface area contributed by atoms with Crippen LogP contribution in [0.4, 0.5) is 8.78 Å². The molecule has 1 N–H and O–H groups in total. The fraction of sp³-hybridized carbons (Fsp3) is 0.400. The van der Waals surface area contributed by atoms with Crippen LogP contribution in [0.1, 0.15) is 31.4 Å². The van der Waals surface area contributed by atoms with Gasteiger partial charge in [0.2, 0.25) is 0 Å². The standard InChI is InChI=1S/C10H12F2O/c1-2-3-10(13)7-4-5-8(11)9(12)6-7/h4-6,10,13H,2-3H2,1H3/t10-/m0/s1. The van der Waals surface area contributed by atoms with Gasteiger partial charge in [0.15, 0.2) is 11.6 Å². The minimum Gasteiger partial charge on any atom is -0.388 e. The molecular weight excluding hydrogens is 174 g/mol. The number of benzene rings is 1. The van der Waals surface area contributed by atoms with Crippen LogP contribution in [0.5, 0.6) is 0 Å². The number of aliphatic hydroxyl groups is 1. The van der Waals surface area contributed by atoms with Crippen LogP contribution in [-0.4, -0.2) is 5.11 Å². The van der Waals surface area contributed by atoms with Crippen molar-refractivity contribution in [1.82, 2.24) is 0 Å². The molecule has 0 aliphatic heterocycles. The molecule has 0 amide bonds. The number of aliphatic hydroxyl groups excluding tert-OH is 1. The molecule has 0 aliphatic carbocycles. The van der Waals surface area contributed by atoms with E-state index in [1.54, 1.807) is 0 Å². The van der Waals surface area contributed by atoms with E-state index in [-0.39, 0.29) is 0 Å². The summed E-state index contributed by atoms with van der Waals surface area (Å²) in [6, 6.07) is 3.47. The molecule has 0 bridgehead atoms. The number of halogens is 2. The predicted octanol–water partition coefficient (Wildman–Crippen LogP) is 2.80. The third-order valence-electron chi connectivity index (χ3n) is 1.89. The molecule has 0 spiro atoms. The Kier molecular flexibility index (Phi) is 3.37. The third-order valence-corrected chi connectivity index (χ3v) is 1.89. The van der Waals surface area contributed by atoms with Gasteiger partial charge in [-0.1, -0.05) is 19.4 Å². The van der Waals surface area contributed by atoms with Crippen molar-refractivity contribution in [2.75, 3.05) is 0 Å². The molecule has 1 rings (SSSR count). The van der Waals surface area contributed by atoms with E-state index in [9.17, 15) is 13.9 Å². The minimum absolute atomic E-state index is 0.431. The lowest BCUT2D eigenvalue weighted by atomic mass is 10.1. The molecule has 0 saturated carbocycles. The van der Waals surface area contributed by atoms with Gasteiger partial charge in [0, 0.05) is 0 Å². The summed E-state index contributed by atoms with van der Waals surface area (Å²) in [6.45, 7) is 1.92. The Hall–Kier alpha value is -0.960. The van der Waals surface area contributed by atoms with Gasteiger partial charge in [-0.2, -0.15) is 0 Å². The molecule has 3 heteroatoms. The molecule has 0 heterocycles. The molecule has 0 aromatic heterocycles. The minimum atomic E-state index is -0.910. The van der Waals surface area contributed by atoms with E-state index in [4.69, 9.17) is 0 Å². The SMILES string of the molecule is CCC[C@H](O)c1ccc(F)c(F)c1. The van der Waals surface area contributed by atoms with E-state index in [0.29, 0.717) is 12.0 Å². The molecular formula is C10H12F2O. The molecule has 0 unspecified atom stereocenters. The van der Waals surface area contributed by atoms with Crippen LogP contribution < -0.4 is 0 Å². The largest absolute Gasteiger partial charge is 0.388 e.